The van der Waals surface area contributed by atoms with Gasteiger partial charge in [0.1, 0.15) is 11.1 Å². The van der Waals surface area contributed by atoms with E-state index < -0.39 is 0 Å². The van der Waals surface area contributed by atoms with E-state index in [2.05, 4.69) is 25.4 Å². The molecule has 3 heterocycles. The summed E-state index contributed by atoms with van der Waals surface area (Å²) in [5.41, 5.74) is 1.66. The molecule has 0 amide bonds. The zero-order chi connectivity index (χ0) is 18.9. The van der Waals surface area contributed by atoms with Crippen LogP contribution < -0.4 is 10.3 Å². The van der Waals surface area contributed by atoms with E-state index in [0.29, 0.717) is 16.8 Å². The second-order valence-electron chi connectivity index (χ2n) is 5.95. The van der Waals surface area contributed by atoms with Crippen LogP contribution in [0.3, 0.4) is 0 Å². The van der Waals surface area contributed by atoms with Crippen LogP contribution in [0.4, 0.5) is 0 Å². The Balaban J connectivity index is 1.55. The molecule has 0 radical (unpaired) electrons. The summed E-state index contributed by atoms with van der Waals surface area (Å²) in [6, 6.07) is 16.8. The second-order valence-corrected chi connectivity index (χ2v) is 5.95. The van der Waals surface area contributed by atoms with Crippen molar-refractivity contribution >= 4 is 11.0 Å². The van der Waals surface area contributed by atoms with Gasteiger partial charge in [-0.2, -0.15) is 10.1 Å². The molecule has 0 aliphatic carbocycles. The number of aromatic amines is 1. The molecule has 3 aromatic heterocycles. The fourth-order valence-electron chi connectivity index (χ4n) is 2.85. The Hall–Kier alpha value is -4.27. The van der Waals surface area contributed by atoms with E-state index in [0.717, 1.165) is 11.4 Å². The van der Waals surface area contributed by atoms with Gasteiger partial charge in [-0.25, -0.2) is 9.36 Å². The van der Waals surface area contributed by atoms with Crippen LogP contribution in [0.5, 0.6) is 11.8 Å². The number of H-pyrrole nitrogens is 1. The van der Waals surface area contributed by atoms with Gasteiger partial charge in [0.05, 0.1) is 30.0 Å². The van der Waals surface area contributed by atoms with Crippen molar-refractivity contribution in [2.45, 2.75) is 0 Å². The van der Waals surface area contributed by atoms with Crippen molar-refractivity contribution in [3.63, 3.8) is 0 Å². The molecule has 0 atom stereocenters. The Kier molecular flexibility index (Phi) is 3.68. The maximum atomic E-state index is 12.4. The van der Waals surface area contributed by atoms with Gasteiger partial charge in [-0.1, -0.05) is 29.5 Å². The van der Waals surface area contributed by atoms with Crippen LogP contribution in [0, 0.1) is 0 Å². The zero-order valence-corrected chi connectivity index (χ0v) is 14.4. The summed E-state index contributed by atoms with van der Waals surface area (Å²) >= 11 is 0. The first-order valence-electron chi connectivity index (χ1n) is 8.46. The van der Waals surface area contributed by atoms with Crippen molar-refractivity contribution in [3.8, 4) is 23.1 Å². The lowest BCUT2D eigenvalue weighted by Crippen LogP contribution is -2.10. The summed E-state index contributed by atoms with van der Waals surface area (Å²) in [6.45, 7) is 0. The zero-order valence-electron chi connectivity index (χ0n) is 14.4. The molecule has 0 spiro atoms. The average Bonchev–Trinajstić information content (AvgIpc) is 3.39. The Labute approximate surface area is 157 Å². The highest BCUT2D eigenvalue weighted by atomic mass is 16.5. The topological polar surface area (TPSA) is 104 Å². The molecule has 0 fully saturated rings. The van der Waals surface area contributed by atoms with Gasteiger partial charge >= 0.3 is 6.01 Å². The van der Waals surface area contributed by atoms with Gasteiger partial charge in [-0.15, -0.1) is 5.10 Å². The Morgan fingerprint density at radius 1 is 1.00 bits per heavy atom. The summed E-state index contributed by atoms with van der Waals surface area (Å²) in [7, 11) is 0. The van der Waals surface area contributed by atoms with Crippen LogP contribution >= 0.6 is 0 Å². The number of ether oxygens (including phenoxy) is 1. The lowest BCUT2D eigenvalue weighted by Gasteiger charge is -2.07. The van der Waals surface area contributed by atoms with E-state index in [1.165, 1.54) is 6.20 Å². The number of hydrogen-bond donors (Lipinski definition) is 1. The molecule has 0 unspecified atom stereocenters. The van der Waals surface area contributed by atoms with Crippen molar-refractivity contribution in [3.05, 3.63) is 83.5 Å². The summed E-state index contributed by atoms with van der Waals surface area (Å²) in [5, 5.41) is 12.4. The Morgan fingerprint density at radius 2 is 1.86 bits per heavy atom. The van der Waals surface area contributed by atoms with E-state index in [1.807, 2.05) is 42.5 Å². The maximum absolute atomic E-state index is 12.4. The van der Waals surface area contributed by atoms with Gasteiger partial charge in [0.2, 0.25) is 0 Å². The fourth-order valence-corrected chi connectivity index (χ4v) is 2.85. The molecule has 9 nitrogen and oxygen atoms in total. The van der Waals surface area contributed by atoms with Crippen LogP contribution in [-0.2, 0) is 0 Å². The Bertz CT molecular complexity index is 1310. The van der Waals surface area contributed by atoms with E-state index in [-0.39, 0.29) is 11.6 Å². The van der Waals surface area contributed by atoms with Crippen LogP contribution in [-0.4, -0.2) is 34.7 Å². The molecule has 1 N–H and O–H groups in total. The minimum Gasteiger partial charge on any atom is -0.425 e. The summed E-state index contributed by atoms with van der Waals surface area (Å²) < 4.78 is 9.01. The van der Waals surface area contributed by atoms with Gasteiger partial charge in [0.15, 0.2) is 5.65 Å². The standard InChI is InChI=1S/C19H13N7O2/c27-18-16-12-21-26(13-5-2-1-3-6-13)17(16)22-19(23-18)28-15-8-4-7-14(11-15)25-10-9-20-24-25/h1-12H,(H,22,23,27). The number of nitrogens with zero attached hydrogens (tertiary/aromatic N) is 6. The molecule has 136 valence electrons. The smallest absolute Gasteiger partial charge is 0.304 e. The normalized spacial score (nSPS) is 11.0. The molecule has 28 heavy (non-hydrogen) atoms. The Morgan fingerprint density at radius 3 is 2.68 bits per heavy atom. The summed E-state index contributed by atoms with van der Waals surface area (Å²) in [5.74, 6) is 0.501. The van der Waals surface area contributed by atoms with Crippen LogP contribution in [0.25, 0.3) is 22.4 Å². The maximum Gasteiger partial charge on any atom is 0.304 e. The monoisotopic (exact) mass is 371 g/mol. The third kappa shape index (κ3) is 2.80. The van der Waals surface area contributed by atoms with Crippen LogP contribution in [0.15, 0.2) is 78.0 Å². The van der Waals surface area contributed by atoms with E-state index in [4.69, 9.17) is 4.74 Å². The highest BCUT2D eigenvalue weighted by molar-refractivity contribution is 5.75. The molecule has 0 aliphatic rings. The van der Waals surface area contributed by atoms with Gasteiger partial charge in [0, 0.05) is 6.07 Å². The first kappa shape index (κ1) is 15.9. The van der Waals surface area contributed by atoms with Gasteiger partial charge < -0.3 is 4.74 Å². The van der Waals surface area contributed by atoms with Crippen molar-refractivity contribution < 1.29 is 4.74 Å². The second kappa shape index (κ2) is 6.47. The van der Waals surface area contributed by atoms with Crippen molar-refractivity contribution in [2.24, 2.45) is 0 Å². The molecule has 5 rings (SSSR count). The largest absolute Gasteiger partial charge is 0.425 e. The molecular formula is C19H13N7O2. The van der Waals surface area contributed by atoms with Crippen molar-refractivity contribution in [2.75, 3.05) is 0 Å². The number of aromatic nitrogens is 7. The number of nitrogens with one attached hydrogen (secondary N) is 1. The molecular weight excluding hydrogens is 358 g/mol. The lowest BCUT2D eigenvalue weighted by atomic mass is 10.3. The van der Waals surface area contributed by atoms with Crippen LogP contribution in [0.1, 0.15) is 0 Å². The summed E-state index contributed by atoms with van der Waals surface area (Å²) in [4.78, 5) is 19.5. The molecule has 0 saturated carbocycles. The molecule has 5 aromatic rings. The highest BCUT2D eigenvalue weighted by Gasteiger charge is 2.13. The molecule has 2 aromatic carbocycles. The molecule has 0 bridgehead atoms. The average molecular weight is 371 g/mol. The van der Waals surface area contributed by atoms with E-state index in [1.54, 1.807) is 33.9 Å². The third-order valence-electron chi connectivity index (χ3n) is 4.14. The minimum atomic E-state index is -0.324. The first-order chi connectivity index (χ1) is 13.8. The molecule has 0 aliphatic heterocycles. The number of hydrogen-bond acceptors (Lipinski definition) is 6. The SMILES string of the molecule is O=c1[nH]c(Oc2cccc(-n3ccnn3)c2)nc2c1cnn2-c1ccccc1. The van der Waals surface area contributed by atoms with Crippen molar-refractivity contribution in [1.82, 2.24) is 34.7 Å². The number of para-hydroxylation sites is 1. The van der Waals surface area contributed by atoms with E-state index >= 15 is 0 Å². The number of rotatable bonds is 4. The van der Waals surface area contributed by atoms with E-state index in [9.17, 15) is 4.79 Å². The number of fused-ring (bicyclic) bond motifs is 1. The van der Waals surface area contributed by atoms with Gasteiger partial charge in [-0.3, -0.25) is 9.78 Å². The molecule has 9 heteroatoms. The molecule has 0 saturated heterocycles. The van der Waals surface area contributed by atoms with Crippen LogP contribution in [0.2, 0.25) is 0 Å². The van der Waals surface area contributed by atoms with Crippen molar-refractivity contribution in [1.29, 1.82) is 0 Å². The predicted octanol–water partition coefficient (Wildman–Crippen LogP) is 2.48. The lowest BCUT2D eigenvalue weighted by molar-refractivity contribution is 0.441. The fraction of sp³-hybridized carbons (Fsp3) is 0. The third-order valence-corrected chi connectivity index (χ3v) is 4.14. The minimum absolute atomic E-state index is 0.0749. The highest BCUT2D eigenvalue weighted by Crippen LogP contribution is 2.22. The summed E-state index contributed by atoms with van der Waals surface area (Å²) in [6.07, 6.45) is 4.80. The van der Waals surface area contributed by atoms with Gasteiger partial charge in [0.25, 0.3) is 5.56 Å². The number of benzene rings is 2. The van der Waals surface area contributed by atoms with Gasteiger partial charge in [-0.05, 0) is 24.3 Å². The predicted molar refractivity (Wildman–Crippen MR) is 101 cm³/mol. The quantitative estimate of drug-likeness (QED) is 0.520. The first-order valence-corrected chi connectivity index (χ1v) is 8.46.